The number of nitrogens with zero attached hydrogens (tertiary/aromatic N) is 3. The van der Waals surface area contributed by atoms with Gasteiger partial charge in [-0.25, -0.2) is 4.98 Å². The third-order valence-corrected chi connectivity index (χ3v) is 2.93. The number of H-pyrrole nitrogens is 1. The summed E-state index contributed by atoms with van der Waals surface area (Å²) in [6.07, 6.45) is 3.53. The van der Waals surface area contributed by atoms with Crippen LogP contribution in [0.2, 0.25) is 0 Å². The van der Waals surface area contributed by atoms with Crippen LogP contribution < -0.4 is 5.32 Å². The van der Waals surface area contributed by atoms with Crippen molar-refractivity contribution >= 4 is 5.91 Å². The summed E-state index contributed by atoms with van der Waals surface area (Å²) in [6, 6.07) is 0.274. The highest BCUT2D eigenvalue weighted by atomic mass is 16.2. The van der Waals surface area contributed by atoms with Crippen LogP contribution in [0.5, 0.6) is 0 Å². The normalized spacial score (nSPS) is 20.7. The van der Waals surface area contributed by atoms with Crippen LogP contribution in [0.3, 0.4) is 0 Å². The Hall–Kier alpha value is -1.43. The molecule has 6 nitrogen and oxygen atoms in total. The number of nitrogens with one attached hydrogen (secondary N) is 2. The quantitative estimate of drug-likeness (QED) is 0.757. The number of hydrogen-bond donors (Lipinski definition) is 2. The molecule has 1 unspecified atom stereocenters. The third-order valence-electron chi connectivity index (χ3n) is 2.93. The number of hydrogen-bond acceptors (Lipinski definition) is 4. The van der Waals surface area contributed by atoms with E-state index in [1.807, 2.05) is 11.8 Å². The number of carbonyl (C=O) groups is 1. The number of amides is 1. The first-order valence-electron chi connectivity index (χ1n) is 5.70. The SMILES string of the molecule is CCN(C(=O)c1ncn[nH]1)C1CCCNC1. The van der Waals surface area contributed by atoms with E-state index in [-0.39, 0.29) is 11.9 Å². The molecule has 88 valence electrons. The van der Waals surface area contributed by atoms with Crippen LogP contribution in [0, 0.1) is 0 Å². The minimum absolute atomic E-state index is 0.0614. The van der Waals surface area contributed by atoms with E-state index in [9.17, 15) is 4.79 Å². The molecule has 0 aliphatic carbocycles. The highest BCUT2D eigenvalue weighted by Gasteiger charge is 2.26. The summed E-state index contributed by atoms with van der Waals surface area (Å²) in [7, 11) is 0. The van der Waals surface area contributed by atoms with Gasteiger partial charge in [-0.3, -0.25) is 9.89 Å². The van der Waals surface area contributed by atoms with Crippen molar-refractivity contribution in [2.45, 2.75) is 25.8 Å². The van der Waals surface area contributed by atoms with Crippen LogP contribution in [-0.4, -0.2) is 51.7 Å². The monoisotopic (exact) mass is 223 g/mol. The summed E-state index contributed by atoms with van der Waals surface area (Å²) < 4.78 is 0. The molecule has 1 aliphatic heterocycles. The maximum absolute atomic E-state index is 12.1. The van der Waals surface area contributed by atoms with Gasteiger partial charge in [0.15, 0.2) is 0 Å². The highest BCUT2D eigenvalue weighted by molar-refractivity contribution is 5.90. The first-order valence-corrected chi connectivity index (χ1v) is 5.70. The van der Waals surface area contributed by atoms with Crippen LogP contribution in [0.25, 0.3) is 0 Å². The Labute approximate surface area is 94.4 Å². The maximum atomic E-state index is 12.1. The largest absolute Gasteiger partial charge is 0.332 e. The number of carbonyl (C=O) groups excluding carboxylic acids is 1. The van der Waals surface area contributed by atoms with E-state index in [0.717, 1.165) is 25.9 Å². The van der Waals surface area contributed by atoms with Gasteiger partial charge in [0.1, 0.15) is 6.33 Å². The summed E-state index contributed by atoms with van der Waals surface area (Å²) in [5, 5.41) is 9.63. The van der Waals surface area contributed by atoms with Gasteiger partial charge in [-0.15, -0.1) is 0 Å². The minimum atomic E-state index is -0.0614. The predicted molar refractivity (Wildman–Crippen MR) is 59.0 cm³/mol. The molecule has 16 heavy (non-hydrogen) atoms. The van der Waals surface area contributed by atoms with E-state index in [2.05, 4.69) is 20.5 Å². The Morgan fingerprint density at radius 2 is 2.56 bits per heavy atom. The third kappa shape index (κ3) is 2.21. The van der Waals surface area contributed by atoms with Gasteiger partial charge in [-0.1, -0.05) is 0 Å². The lowest BCUT2D eigenvalue weighted by molar-refractivity contribution is 0.0650. The molecule has 0 spiro atoms. The van der Waals surface area contributed by atoms with Crippen LogP contribution in [0.4, 0.5) is 0 Å². The average molecular weight is 223 g/mol. The Balaban J connectivity index is 2.06. The molecule has 0 aromatic carbocycles. The fourth-order valence-corrected chi connectivity index (χ4v) is 2.11. The molecular weight excluding hydrogens is 206 g/mol. The smallest absolute Gasteiger partial charge is 0.291 e. The number of rotatable bonds is 3. The molecular formula is C10H17N5O. The van der Waals surface area contributed by atoms with Crippen molar-refractivity contribution in [1.29, 1.82) is 0 Å². The second-order valence-corrected chi connectivity index (χ2v) is 3.93. The molecule has 1 aromatic rings. The summed E-state index contributed by atoms with van der Waals surface area (Å²) in [6.45, 7) is 4.60. The molecule has 0 saturated carbocycles. The van der Waals surface area contributed by atoms with Crippen LogP contribution in [0.1, 0.15) is 30.4 Å². The van der Waals surface area contributed by atoms with Gasteiger partial charge in [-0.2, -0.15) is 5.10 Å². The van der Waals surface area contributed by atoms with Crippen LogP contribution >= 0.6 is 0 Å². The summed E-state index contributed by atoms with van der Waals surface area (Å²) in [4.78, 5) is 17.9. The molecule has 0 radical (unpaired) electrons. The first kappa shape index (κ1) is 11.1. The van der Waals surface area contributed by atoms with Gasteiger partial charge >= 0.3 is 0 Å². The second kappa shape index (κ2) is 5.07. The van der Waals surface area contributed by atoms with Crippen molar-refractivity contribution in [2.75, 3.05) is 19.6 Å². The number of aromatic amines is 1. The summed E-state index contributed by atoms with van der Waals surface area (Å²) in [5.74, 6) is 0.265. The Kier molecular flexibility index (Phi) is 3.51. The van der Waals surface area contributed by atoms with E-state index in [4.69, 9.17) is 0 Å². The van der Waals surface area contributed by atoms with Crippen LogP contribution in [-0.2, 0) is 0 Å². The standard InChI is InChI=1S/C10H17N5O/c1-2-15(8-4-3-5-11-6-8)10(16)9-12-7-13-14-9/h7-8,11H,2-6H2,1H3,(H,12,13,14). The summed E-state index contributed by atoms with van der Waals surface area (Å²) in [5.41, 5.74) is 0. The molecule has 1 aliphatic rings. The van der Waals surface area contributed by atoms with Gasteiger partial charge in [0, 0.05) is 19.1 Å². The fourth-order valence-electron chi connectivity index (χ4n) is 2.11. The molecule has 2 rings (SSSR count). The number of piperidine rings is 1. The molecule has 6 heteroatoms. The number of likely N-dealkylation sites (N-methyl/N-ethyl adjacent to an activating group) is 1. The van der Waals surface area contributed by atoms with Gasteiger partial charge in [0.25, 0.3) is 5.91 Å². The lowest BCUT2D eigenvalue weighted by Gasteiger charge is -2.33. The lowest BCUT2D eigenvalue weighted by atomic mass is 10.1. The van der Waals surface area contributed by atoms with Gasteiger partial charge in [0.2, 0.25) is 5.82 Å². The van der Waals surface area contributed by atoms with Crippen molar-refractivity contribution in [2.24, 2.45) is 0 Å². The molecule has 1 saturated heterocycles. The molecule has 2 heterocycles. The van der Waals surface area contributed by atoms with Crippen molar-refractivity contribution in [3.63, 3.8) is 0 Å². The molecule has 0 bridgehead atoms. The molecule has 1 atom stereocenters. The zero-order chi connectivity index (χ0) is 11.4. The topological polar surface area (TPSA) is 73.9 Å². The first-order chi connectivity index (χ1) is 7.83. The van der Waals surface area contributed by atoms with Gasteiger partial charge in [0.05, 0.1) is 0 Å². The minimum Gasteiger partial charge on any atom is -0.332 e. The van der Waals surface area contributed by atoms with E-state index in [1.165, 1.54) is 6.33 Å². The molecule has 1 amide bonds. The van der Waals surface area contributed by atoms with E-state index < -0.39 is 0 Å². The molecule has 1 fully saturated rings. The van der Waals surface area contributed by atoms with Gasteiger partial charge in [-0.05, 0) is 26.3 Å². The fraction of sp³-hybridized carbons (Fsp3) is 0.700. The van der Waals surface area contributed by atoms with Gasteiger partial charge < -0.3 is 10.2 Å². The summed E-state index contributed by atoms with van der Waals surface area (Å²) >= 11 is 0. The second-order valence-electron chi connectivity index (χ2n) is 3.93. The Morgan fingerprint density at radius 1 is 1.69 bits per heavy atom. The predicted octanol–water partition coefficient (Wildman–Crippen LogP) is 0.0188. The van der Waals surface area contributed by atoms with Crippen molar-refractivity contribution < 1.29 is 4.79 Å². The maximum Gasteiger partial charge on any atom is 0.291 e. The molecule has 2 N–H and O–H groups in total. The van der Waals surface area contributed by atoms with Crippen molar-refractivity contribution in [1.82, 2.24) is 25.4 Å². The molecule has 1 aromatic heterocycles. The van der Waals surface area contributed by atoms with Crippen LogP contribution in [0.15, 0.2) is 6.33 Å². The van der Waals surface area contributed by atoms with Crippen molar-refractivity contribution in [3.8, 4) is 0 Å². The highest BCUT2D eigenvalue weighted by Crippen LogP contribution is 2.12. The van der Waals surface area contributed by atoms with E-state index in [0.29, 0.717) is 12.4 Å². The van der Waals surface area contributed by atoms with Crippen molar-refractivity contribution in [3.05, 3.63) is 12.2 Å². The Bertz CT molecular complexity index is 331. The van der Waals surface area contributed by atoms with E-state index in [1.54, 1.807) is 0 Å². The Morgan fingerprint density at radius 3 is 3.12 bits per heavy atom. The number of aromatic nitrogens is 3. The zero-order valence-electron chi connectivity index (χ0n) is 9.44. The average Bonchev–Trinajstić information content (AvgIpc) is 2.85. The zero-order valence-corrected chi connectivity index (χ0v) is 9.44. The van der Waals surface area contributed by atoms with E-state index >= 15 is 0 Å². The lowest BCUT2D eigenvalue weighted by Crippen LogP contribution is -2.48.